The number of hydrogen-bond donors (Lipinski definition) is 0. The third-order valence-corrected chi connectivity index (χ3v) is 4.88. The standard InChI is InChI=1S/C11H15N3O2S/c15-17(16)7-5-14(6-8-17)10-3-4-12-11(13-10)9-1-2-9/h3-4,9H,1-2,5-8H2. The van der Waals surface area contributed by atoms with Gasteiger partial charge in [0, 0.05) is 25.2 Å². The second-order valence-electron chi connectivity index (χ2n) is 4.69. The van der Waals surface area contributed by atoms with Crippen LogP contribution < -0.4 is 4.90 Å². The predicted molar refractivity (Wildman–Crippen MR) is 64.9 cm³/mol. The molecule has 5 nitrogen and oxygen atoms in total. The number of anilines is 1. The van der Waals surface area contributed by atoms with Crippen LogP contribution in [0.3, 0.4) is 0 Å². The molecule has 0 atom stereocenters. The lowest BCUT2D eigenvalue weighted by Crippen LogP contribution is -2.40. The van der Waals surface area contributed by atoms with Crippen LogP contribution in [-0.2, 0) is 9.84 Å². The van der Waals surface area contributed by atoms with Crippen LogP contribution in [0.5, 0.6) is 0 Å². The van der Waals surface area contributed by atoms with Gasteiger partial charge in [-0.2, -0.15) is 0 Å². The van der Waals surface area contributed by atoms with E-state index in [0.29, 0.717) is 19.0 Å². The molecule has 92 valence electrons. The summed E-state index contributed by atoms with van der Waals surface area (Å²) in [5.74, 6) is 2.78. The molecule has 0 spiro atoms. The van der Waals surface area contributed by atoms with Crippen molar-refractivity contribution >= 4 is 15.7 Å². The summed E-state index contributed by atoms with van der Waals surface area (Å²) >= 11 is 0. The SMILES string of the molecule is O=S1(=O)CCN(c2ccnc(C3CC3)n2)CC1. The first-order valence-corrected chi connectivity index (χ1v) is 7.74. The van der Waals surface area contributed by atoms with Crippen LogP contribution in [0.15, 0.2) is 12.3 Å². The van der Waals surface area contributed by atoms with Crippen LogP contribution in [0.1, 0.15) is 24.6 Å². The zero-order valence-corrected chi connectivity index (χ0v) is 10.4. The maximum absolute atomic E-state index is 11.4. The van der Waals surface area contributed by atoms with E-state index in [0.717, 1.165) is 11.6 Å². The van der Waals surface area contributed by atoms with Gasteiger partial charge in [-0.3, -0.25) is 0 Å². The summed E-state index contributed by atoms with van der Waals surface area (Å²) in [5.41, 5.74) is 0. The maximum Gasteiger partial charge on any atom is 0.153 e. The molecule has 1 saturated carbocycles. The molecule has 6 heteroatoms. The number of rotatable bonds is 2. The van der Waals surface area contributed by atoms with Gasteiger partial charge in [0.25, 0.3) is 0 Å². The van der Waals surface area contributed by atoms with E-state index >= 15 is 0 Å². The van der Waals surface area contributed by atoms with Crippen molar-refractivity contribution in [1.82, 2.24) is 9.97 Å². The van der Waals surface area contributed by atoms with Crippen molar-refractivity contribution in [3.05, 3.63) is 18.1 Å². The molecule has 1 aliphatic carbocycles. The fourth-order valence-corrected chi connectivity index (χ4v) is 3.22. The summed E-state index contributed by atoms with van der Waals surface area (Å²) in [4.78, 5) is 10.8. The summed E-state index contributed by atoms with van der Waals surface area (Å²) in [5, 5.41) is 0. The number of aromatic nitrogens is 2. The lowest BCUT2D eigenvalue weighted by molar-refractivity contribution is 0.586. The van der Waals surface area contributed by atoms with Gasteiger partial charge in [0.2, 0.25) is 0 Å². The summed E-state index contributed by atoms with van der Waals surface area (Å²) in [6.45, 7) is 1.09. The summed E-state index contributed by atoms with van der Waals surface area (Å²) in [7, 11) is -2.82. The van der Waals surface area contributed by atoms with Crippen molar-refractivity contribution in [3.63, 3.8) is 0 Å². The molecular weight excluding hydrogens is 238 g/mol. The van der Waals surface area contributed by atoms with Gasteiger partial charge in [-0.1, -0.05) is 0 Å². The van der Waals surface area contributed by atoms with Crippen molar-refractivity contribution in [2.45, 2.75) is 18.8 Å². The topological polar surface area (TPSA) is 63.2 Å². The molecule has 3 rings (SSSR count). The average Bonchev–Trinajstić information content (AvgIpc) is 3.13. The lowest BCUT2D eigenvalue weighted by Gasteiger charge is -2.27. The first-order chi connectivity index (χ1) is 8.14. The minimum atomic E-state index is -2.82. The van der Waals surface area contributed by atoms with Crippen molar-refractivity contribution in [2.24, 2.45) is 0 Å². The molecule has 2 fully saturated rings. The molecule has 0 N–H and O–H groups in total. The van der Waals surface area contributed by atoms with Crippen LogP contribution in [0.2, 0.25) is 0 Å². The Morgan fingerprint density at radius 2 is 1.94 bits per heavy atom. The first-order valence-electron chi connectivity index (χ1n) is 5.92. The third-order valence-electron chi connectivity index (χ3n) is 3.27. The summed E-state index contributed by atoms with van der Waals surface area (Å²) in [6.07, 6.45) is 4.13. The molecule has 1 aliphatic heterocycles. The highest BCUT2D eigenvalue weighted by Gasteiger charge is 2.28. The van der Waals surface area contributed by atoms with Gasteiger partial charge >= 0.3 is 0 Å². The molecule has 0 aromatic carbocycles. The maximum atomic E-state index is 11.4. The highest BCUT2D eigenvalue weighted by atomic mass is 32.2. The Bertz CT molecular complexity index is 511. The second kappa shape index (κ2) is 3.94. The molecule has 1 aromatic rings. The Kier molecular flexibility index (Phi) is 2.54. The molecule has 2 aliphatic rings. The van der Waals surface area contributed by atoms with Crippen LogP contribution in [0.4, 0.5) is 5.82 Å². The van der Waals surface area contributed by atoms with Crippen LogP contribution in [-0.4, -0.2) is 43.0 Å². The molecule has 1 aromatic heterocycles. The Hall–Kier alpha value is -1.17. The van der Waals surface area contributed by atoms with E-state index in [1.807, 2.05) is 11.0 Å². The highest BCUT2D eigenvalue weighted by Crippen LogP contribution is 2.38. The Morgan fingerprint density at radius 3 is 2.59 bits per heavy atom. The minimum Gasteiger partial charge on any atom is -0.354 e. The first kappa shape index (κ1) is 11.0. The van der Waals surface area contributed by atoms with Crippen LogP contribution >= 0.6 is 0 Å². The number of hydrogen-bond acceptors (Lipinski definition) is 5. The van der Waals surface area contributed by atoms with Gasteiger partial charge in [-0.15, -0.1) is 0 Å². The van der Waals surface area contributed by atoms with Crippen molar-refractivity contribution in [2.75, 3.05) is 29.5 Å². The highest BCUT2D eigenvalue weighted by molar-refractivity contribution is 7.91. The zero-order valence-electron chi connectivity index (χ0n) is 9.54. The molecule has 0 bridgehead atoms. The summed E-state index contributed by atoms with van der Waals surface area (Å²) in [6, 6.07) is 1.86. The van der Waals surface area contributed by atoms with E-state index in [9.17, 15) is 8.42 Å². The van der Waals surface area contributed by atoms with E-state index in [2.05, 4.69) is 9.97 Å². The van der Waals surface area contributed by atoms with E-state index in [4.69, 9.17) is 0 Å². The molecule has 17 heavy (non-hydrogen) atoms. The Balaban J connectivity index is 1.78. The smallest absolute Gasteiger partial charge is 0.153 e. The van der Waals surface area contributed by atoms with E-state index in [1.165, 1.54) is 12.8 Å². The Morgan fingerprint density at radius 1 is 1.24 bits per heavy atom. The quantitative estimate of drug-likeness (QED) is 0.772. The van der Waals surface area contributed by atoms with Gasteiger partial charge in [-0.25, -0.2) is 18.4 Å². The van der Waals surface area contributed by atoms with E-state index in [1.54, 1.807) is 6.20 Å². The zero-order chi connectivity index (χ0) is 11.9. The lowest BCUT2D eigenvalue weighted by atomic mass is 10.3. The minimum absolute atomic E-state index is 0.232. The third kappa shape index (κ3) is 2.41. The molecule has 2 heterocycles. The molecular formula is C11H15N3O2S. The van der Waals surface area contributed by atoms with E-state index < -0.39 is 9.84 Å². The fraction of sp³-hybridized carbons (Fsp3) is 0.636. The number of nitrogens with zero attached hydrogens (tertiary/aromatic N) is 3. The van der Waals surface area contributed by atoms with Crippen molar-refractivity contribution in [1.29, 1.82) is 0 Å². The van der Waals surface area contributed by atoms with Gasteiger partial charge in [0.05, 0.1) is 11.5 Å². The van der Waals surface area contributed by atoms with Gasteiger partial charge in [0.15, 0.2) is 9.84 Å². The molecule has 0 radical (unpaired) electrons. The average molecular weight is 253 g/mol. The van der Waals surface area contributed by atoms with Gasteiger partial charge < -0.3 is 4.90 Å². The van der Waals surface area contributed by atoms with Crippen molar-refractivity contribution in [3.8, 4) is 0 Å². The number of sulfone groups is 1. The van der Waals surface area contributed by atoms with Gasteiger partial charge in [-0.05, 0) is 18.9 Å². The van der Waals surface area contributed by atoms with Crippen LogP contribution in [0, 0.1) is 0 Å². The largest absolute Gasteiger partial charge is 0.354 e. The van der Waals surface area contributed by atoms with Crippen LogP contribution in [0.25, 0.3) is 0 Å². The fourth-order valence-electron chi connectivity index (χ4n) is 2.02. The normalized spacial score (nSPS) is 23.6. The molecule has 0 amide bonds. The monoisotopic (exact) mass is 253 g/mol. The predicted octanol–water partition coefficient (Wildman–Crippen LogP) is 0.589. The summed E-state index contributed by atoms with van der Waals surface area (Å²) < 4.78 is 22.7. The van der Waals surface area contributed by atoms with Crippen molar-refractivity contribution < 1.29 is 8.42 Å². The molecule has 0 unspecified atom stereocenters. The second-order valence-corrected chi connectivity index (χ2v) is 6.99. The molecule has 1 saturated heterocycles. The van der Waals surface area contributed by atoms with Gasteiger partial charge in [0.1, 0.15) is 11.6 Å². The van der Waals surface area contributed by atoms with E-state index in [-0.39, 0.29) is 11.5 Å². The Labute approximate surface area is 101 Å².